The number of benzene rings is 2. The molecular formula is C24H25N5O3. The molecule has 0 amide bonds. The van der Waals surface area contributed by atoms with Crippen LogP contribution in [0.2, 0.25) is 0 Å². The van der Waals surface area contributed by atoms with Crippen LogP contribution in [0.4, 0.5) is 5.69 Å². The number of anilines is 1. The Morgan fingerprint density at radius 1 is 0.875 bits per heavy atom. The molecule has 2 aromatic carbocycles. The zero-order valence-corrected chi connectivity index (χ0v) is 18.2. The zero-order valence-electron chi connectivity index (χ0n) is 18.2. The van der Waals surface area contributed by atoms with Crippen LogP contribution in [0.25, 0.3) is 17.2 Å². The van der Waals surface area contributed by atoms with Gasteiger partial charge in [-0.05, 0) is 49.1 Å². The van der Waals surface area contributed by atoms with Crippen LogP contribution in [0.1, 0.15) is 16.8 Å². The number of hydrogen-bond acceptors (Lipinski definition) is 7. The minimum absolute atomic E-state index is 0.0935. The van der Waals surface area contributed by atoms with E-state index >= 15 is 0 Å². The Morgan fingerprint density at radius 2 is 1.62 bits per heavy atom. The van der Waals surface area contributed by atoms with Crippen LogP contribution in [0.5, 0.6) is 17.5 Å². The average Bonchev–Trinajstić information content (AvgIpc) is 3.14. The van der Waals surface area contributed by atoms with E-state index in [1.807, 2.05) is 74.4 Å². The molecular weight excluding hydrogens is 406 g/mol. The first kappa shape index (κ1) is 21.2. The van der Waals surface area contributed by atoms with E-state index in [1.54, 1.807) is 0 Å². The van der Waals surface area contributed by atoms with Crippen molar-refractivity contribution < 1.29 is 15.3 Å². The molecule has 0 saturated carbocycles. The van der Waals surface area contributed by atoms with Crippen molar-refractivity contribution in [1.29, 1.82) is 0 Å². The first-order valence-corrected chi connectivity index (χ1v) is 10.2. The van der Waals surface area contributed by atoms with E-state index < -0.39 is 0 Å². The second kappa shape index (κ2) is 8.58. The molecule has 3 N–H and O–H groups in total. The molecule has 0 atom stereocenters. The van der Waals surface area contributed by atoms with Gasteiger partial charge in [0, 0.05) is 25.8 Å². The molecule has 8 nitrogen and oxygen atoms in total. The van der Waals surface area contributed by atoms with Crippen LogP contribution >= 0.6 is 0 Å². The van der Waals surface area contributed by atoms with Crippen LogP contribution < -0.4 is 4.90 Å². The molecule has 164 valence electrons. The number of nitrogens with zero attached hydrogens (tertiary/aromatic N) is 5. The topological polar surface area (TPSA) is 108 Å². The summed E-state index contributed by atoms with van der Waals surface area (Å²) in [5, 5.41) is 39.2. The molecule has 8 heteroatoms. The highest BCUT2D eigenvalue weighted by atomic mass is 16.3. The van der Waals surface area contributed by atoms with Gasteiger partial charge in [0.15, 0.2) is 11.5 Å². The molecule has 4 aromatic rings. The lowest BCUT2D eigenvalue weighted by Gasteiger charge is -2.16. The first-order chi connectivity index (χ1) is 15.3. The van der Waals surface area contributed by atoms with Gasteiger partial charge in [0.05, 0.1) is 11.4 Å². The fraction of sp³-hybridized carbons (Fsp3) is 0.208. The van der Waals surface area contributed by atoms with Crippen LogP contribution in [-0.2, 0) is 12.8 Å². The predicted molar refractivity (Wildman–Crippen MR) is 122 cm³/mol. The highest BCUT2D eigenvalue weighted by molar-refractivity contribution is 5.66. The molecule has 32 heavy (non-hydrogen) atoms. The van der Waals surface area contributed by atoms with Crippen molar-refractivity contribution in [2.45, 2.75) is 19.8 Å². The summed E-state index contributed by atoms with van der Waals surface area (Å²) in [6.07, 6.45) is 1.15. The van der Waals surface area contributed by atoms with Gasteiger partial charge in [-0.15, -0.1) is 5.10 Å². The molecule has 2 heterocycles. The van der Waals surface area contributed by atoms with E-state index in [-0.39, 0.29) is 29.0 Å². The Kier molecular flexibility index (Phi) is 5.68. The summed E-state index contributed by atoms with van der Waals surface area (Å²) in [4.78, 5) is 6.47. The molecule has 0 aliphatic heterocycles. The minimum Gasteiger partial charge on any atom is -0.506 e. The van der Waals surface area contributed by atoms with E-state index in [0.717, 1.165) is 16.8 Å². The number of aromatic hydroxyl groups is 3. The van der Waals surface area contributed by atoms with Crippen molar-refractivity contribution >= 4 is 5.69 Å². The largest absolute Gasteiger partial charge is 0.506 e. The lowest BCUT2D eigenvalue weighted by atomic mass is 10.1. The Hall–Kier alpha value is -4.07. The van der Waals surface area contributed by atoms with Crippen LogP contribution in [0, 0.1) is 6.92 Å². The first-order valence-electron chi connectivity index (χ1n) is 10.2. The summed E-state index contributed by atoms with van der Waals surface area (Å²) in [5.41, 5.74) is 4.23. The molecule has 0 bridgehead atoms. The van der Waals surface area contributed by atoms with E-state index in [9.17, 15) is 15.3 Å². The number of hydrogen-bond donors (Lipinski definition) is 3. The fourth-order valence-corrected chi connectivity index (χ4v) is 3.61. The highest BCUT2D eigenvalue weighted by Gasteiger charge is 2.22. The SMILES string of the molecule is Cc1cc(N(C)C)ccc1-n1c(O)nnc1-c1nc(CCc2ccccc2)c(O)cc1O. The molecule has 0 saturated heterocycles. The lowest BCUT2D eigenvalue weighted by Crippen LogP contribution is -2.09. The maximum absolute atomic E-state index is 10.5. The average molecular weight is 431 g/mol. The summed E-state index contributed by atoms with van der Waals surface area (Å²) >= 11 is 0. The third-order valence-corrected chi connectivity index (χ3v) is 5.35. The van der Waals surface area contributed by atoms with Crippen LogP contribution in [0.15, 0.2) is 54.6 Å². The summed E-state index contributed by atoms with van der Waals surface area (Å²) in [7, 11) is 3.90. The molecule has 0 fully saturated rings. The molecule has 0 aliphatic carbocycles. The van der Waals surface area contributed by atoms with Gasteiger partial charge in [-0.2, -0.15) is 0 Å². The second-order valence-electron chi connectivity index (χ2n) is 7.83. The molecule has 0 radical (unpaired) electrons. The summed E-state index contributed by atoms with van der Waals surface area (Å²) in [6, 6.07) is 16.6. The summed E-state index contributed by atoms with van der Waals surface area (Å²) < 4.78 is 1.44. The molecule has 0 aliphatic rings. The lowest BCUT2D eigenvalue weighted by molar-refractivity contribution is 0.420. The summed E-state index contributed by atoms with van der Waals surface area (Å²) in [6.45, 7) is 1.92. The minimum atomic E-state index is -0.319. The number of aryl methyl sites for hydroxylation is 3. The molecule has 4 rings (SSSR count). The fourth-order valence-electron chi connectivity index (χ4n) is 3.61. The van der Waals surface area contributed by atoms with E-state index in [2.05, 4.69) is 15.2 Å². The van der Waals surface area contributed by atoms with Crippen LogP contribution in [-0.4, -0.2) is 49.2 Å². The van der Waals surface area contributed by atoms with Gasteiger partial charge in [-0.25, -0.2) is 9.55 Å². The van der Waals surface area contributed by atoms with Gasteiger partial charge >= 0.3 is 6.01 Å². The van der Waals surface area contributed by atoms with Gasteiger partial charge in [0.25, 0.3) is 0 Å². The standard InChI is InChI=1S/C24H25N5O3/c1-15-13-17(28(2)3)10-12-19(15)29-23(26-27-24(29)32)22-21(31)14-20(30)18(25-22)11-9-16-7-5-4-6-8-16/h4-8,10,12-14,30-31H,9,11H2,1-3H3,(H,27,32). The Balaban J connectivity index is 1.75. The molecule has 2 aromatic heterocycles. The van der Waals surface area contributed by atoms with E-state index in [1.165, 1.54) is 10.6 Å². The van der Waals surface area contributed by atoms with Crippen molar-refractivity contribution in [3.05, 3.63) is 71.4 Å². The molecule has 0 spiro atoms. The number of aromatic nitrogens is 4. The molecule has 0 unspecified atom stereocenters. The number of rotatable bonds is 6. The van der Waals surface area contributed by atoms with Crippen molar-refractivity contribution in [1.82, 2.24) is 19.7 Å². The monoisotopic (exact) mass is 431 g/mol. The second-order valence-corrected chi connectivity index (χ2v) is 7.83. The Bertz CT molecular complexity index is 1250. The van der Waals surface area contributed by atoms with Gasteiger partial charge in [-0.3, -0.25) is 0 Å². The van der Waals surface area contributed by atoms with Crippen molar-refractivity contribution in [2.24, 2.45) is 0 Å². The van der Waals surface area contributed by atoms with Crippen molar-refractivity contribution in [3.63, 3.8) is 0 Å². The smallest absolute Gasteiger partial charge is 0.319 e. The maximum Gasteiger partial charge on any atom is 0.319 e. The third kappa shape index (κ3) is 4.07. The normalized spacial score (nSPS) is 11.0. The van der Waals surface area contributed by atoms with Gasteiger partial charge in [0.1, 0.15) is 11.5 Å². The zero-order chi connectivity index (χ0) is 22.8. The predicted octanol–water partition coefficient (Wildman–Crippen LogP) is 3.61. The van der Waals surface area contributed by atoms with Crippen LogP contribution in [0.3, 0.4) is 0 Å². The Labute approximate surface area is 186 Å². The quantitative estimate of drug-likeness (QED) is 0.428. The van der Waals surface area contributed by atoms with Crippen molar-refractivity contribution in [2.75, 3.05) is 19.0 Å². The van der Waals surface area contributed by atoms with Crippen molar-refractivity contribution in [3.8, 4) is 34.7 Å². The maximum atomic E-state index is 10.5. The third-order valence-electron chi connectivity index (χ3n) is 5.35. The number of pyridine rings is 1. The highest BCUT2D eigenvalue weighted by Crippen LogP contribution is 2.35. The van der Waals surface area contributed by atoms with E-state index in [0.29, 0.717) is 24.2 Å². The van der Waals surface area contributed by atoms with Gasteiger partial charge < -0.3 is 20.2 Å². The van der Waals surface area contributed by atoms with Gasteiger partial charge in [0.2, 0.25) is 0 Å². The van der Waals surface area contributed by atoms with E-state index in [4.69, 9.17) is 0 Å². The Morgan fingerprint density at radius 3 is 2.31 bits per heavy atom. The van der Waals surface area contributed by atoms with Gasteiger partial charge in [-0.1, -0.05) is 35.4 Å². The summed E-state index contributed by atoms with van der Waals surface area (Å²) in [5.74, 6) is -0.159.